The van der Waals surface area contributed by atoms with Crippen molar-refractivity contribution >= 4 is 23.2 Å². The fourth-order valence-electron chi connectivity index (χ4n) is 2.60. The lowest BCUT2D eigenvalue weighted by atomic mass is 9.93. The number of anilines is 1. The summed E-state index contributed by atoms with van der Waals surface area (Å²) in [5, 5.41) is 6.55. The summed E-state index contributed by atoms with van der Waals surface area (Å²) in [6, 6.07) is 5.91. The maximum Gasteiger partial charge on any atom is 0.252 e. The van der Waals surface area contributed by atoms with E-state index in [9.17, 15) is 4.79 Å². The van der Waals surface area contributed by atoms with Crippen LogP contribution in [0.25, 0.3) is 0 Å². The third-order valence-corrected chi connectivity index (χ3v) is 4.15. The maximum absolute atomic E-state index is 11.7. The molecule has 110 valence electrons. The van der Waals surface area contributed by atoms with E-state index in [2.05, 4.69) is 10.6 Å². The van der Waals surface area contributed by atoms with Crippen molar-refractivity contribution in [1.82, 2.24) is 5.32 Å². The van der Waals surface area contributed by atoms with Crippen molar-refractivity contribution in [3.63, 3.8) is 0 Å². The Morgan fingerprint density at radius 3 is 2.60 bits per heavy atom. The van der Waals surface area contributed by atoms with Crippen molar-refractivity contribution < 1.29 is 9.53 Å². The summed E-state index contributed by atoms with van der Waals surface area (Å²) in [6.45, 7) is 0. The Hall–Kier alpha value is -1.26. The van der Waals surface area contributed by atoms with E-state index in [4.69, 9.17) is 16.3 Å². The molecule has 1 aliphatic rings. The Balaban J connectivity index is 2.01. The smallest absolute Gasteiger partial charge is 0.252 e. The molecule has 0 saturated heterocycles. The molecular formula is C15H21ClN2O2. The number of amides is 1. The highest BCUT2D eigenvalue weighted by Crippen LogP contribution is 2.26. The molecule has 1 fully saturated rings. The molecule has 4 nitrogen and oxygen atoms in total. The van der Waals surface area contributed by atoms with Crippen LogP contribution >= 0.6 is 11.6 Å². The van der Waals surface area contributed by atoms with Crippen LogP contribution in [0.3, 0.4) is 0 Å². The molecule has 1 aromatic carbocycles. The molecule has 0 spiro atoms. The zero-order valence-corrected chi connectivity index (χ0v) is 12.7. The minimum atomic E-state index is -0.165. The van der Waals surface area contributed by atoms with Gasteiger partial charge in [0, 0.05) is 25.9 Å². The van der Waals surface area contributed by atoms with Gasteiger partial charge in [-0.3, -0.25) is 4.79 Å². The number of hydrogen-bond acceptors (Lipinski definition) is 3. The molecule has 2 N–H and O–H groups in total. The molecule has 5 heteroatoms. The Bertz CT molecular complexity index is 471. The van der Waals surface area contributed by atoms with Crippen LogP contribution in [0.1, 0.15) is 36.0 Å². The van der Waals surface area contributed by atoms with E-state index in [1.807, 2.05) is 12.1 Å². The largest absolute Gasteiger partial charge is 0.382 e. The van der Waals surface area contributed by atoms with Gasteiger partial charge in [-0.05, 0) is 43.9 Å². The van der Waals surface area contributed by atoms with Crippen LogP contribution in [-0.2, 0) is 4.74 Å². The number of methoxy groups -OCH3 is 1. The zero-order valence-electron chi connectivity index (χ0n) is 11.9. The first-order valence-electron chi connectivity index (χ1n) is 6.95. The SMILES string of the molecule is CNC(=O)c1cc(NC2CCC(OC)CC2)ccc1Cl. The van der Waals surface area contributed by atoms with E-state index < -0.39 is 0 Å². The molecular weight excluding hydrogens is 276 g/mol. The molecule has 0 aromatic heterocycles. The van der Waals surface area contributed by atoms with Crippen LogP contribution in [0, 0.1) is 0 Å². The molecule has 0 atom stereocenters. The van der Waals surface area contributed by atoms with Crippen LogP contribution in [0.15, 0.2) is 18.2 Å². The third-order valence-electron chi connectivity index (χ3n) is 3.82. The van der Waals surface area contributed by atoms with E-state index in [0.29, 0.717) is 22.7 Å². The average molecular weight is 297 g/mol. The normalized spacial score (nSPS) is 22.4. The molecule has 0 radical (unpaired) electrons. The van der Waals surface area contributed by atoms with Crippen molar-refractivity contribution in [2.45, 2.75) is 37.8 Å². The fourth-order valence-corrected chi connectivity index (χ4v) is 2.81. The summed E-state index contributed by atoms with van der Waals surface area (Å²) in [6.07, 6.45) is 4.70. The van der Waals surface area contributed by atoms with E-state index >= 15 is 0 Å². The van der Waals surface area contributed by atoms with Crippen LogP contribution in [0.2, 0.25) is 5.02 Å². The van der Waals surface area contributed by atoms with Gasteiger partial charge >= 0.3 is 0 Å². The van der Waals surface area contributed by atoms with Gasteiger partial charge in [-0.15, -0.1) is 0 Å². The van der Waals surface area contributed by atoms with Gasteiger partial charge in [0.2, 0.25) is 0 Å². The molecule has 1 aromatic rings. The molecule has 0 unspecified atom stereocenters. The molecule has 1 saturated carbocycles. The number of nitrogens with one attached hydrogen (secondary N) is 2. The van der Waals surface area contributed by atoms with Gasteiger partial charge in [0.1, 0.15) is 0 Å². The van der Waals surface area contributed by atoms with E-state index in [0.717, 1.165) is 31.4 Å². The molecule has 1 aliphatic carbocycles. The second-order valence-electron chi connectivity index (χ2n) is 5.13. The van der Waals surface area contributed by atoms with Gasteiger partial charge in [-0.1, -0.05) is 11.6 Å². The van der Waals surface area contributed by atoms with Crippen LogP contribution in [0.5, 0.6) is 0 Å². The van der Waals surface area contributed by atoms with Gasteiger partial charge in [-0.25, -0.2) is 0 Å². The second-order valence-corrected chi connectivity index (χ2v) is 5.53. The lowest BCUT2D eigenvalue weighted by molar-refractivity contribution is 0.0682. The van der Waals surface area contributed by atoms with Gasteiger partial charge in [0.15, 0.2) is 0 Å². The Kier molecular flexibility index (Phi) is 5.26. The topological polar surface area (TPSA) is 50.4 Å². The number of carbonyl (C=O) groups is 1. The molecule has 2 rings (SSSR count). The van der Waals surface area contributed by atoms with E-state index in [1.54, 1.807) is 20.2 Å². The van der Waals surface area contributed by atoms with Crippen LogP contribution < -0.4 is 10.6 Å². The number of halogens is 1. The van der Waals surface area contributed by atoms with E-state index in [1.165, 1.54) is 0 Å². The highest BCUT2D eigenvalue weighted by atomic mass is 35.5. The van der Waals surface area contributed by atoms with E-state index in [-0.39, 0.29) is 5.91 Å². The first kappa shape index (κ1) is 15.1. The highest BCUT2D eigenvalue weighted by molar-refractivity contribution is 6.34. The molecule has 0 heterocycles. The first-order chi connectivity index (χ1) is 9.63. The van der Waals surface area contributed by atoms with Crippen molar-refractivity contribution in [3.8, 4) is 0 Å². The van der Waals surface area contributed by atoms with Crippen molar-refractivity contribution in [3.05, 3.63) is 28.8 Å². The fraction of sp³-hybridized carbons (Fsp3) is 0.533. The summed E-state index contributed by atoms with van der Waals surface area (Å²) in [5.41, 5.74) is 1.44. The molecule has 0 bridgehead atoms. The van der Waals surface area contributed by atoms with Gasteiger partial charge in [-0.2, -0.15) is 0 Å². The third kappa shape index (κ3) is 3.64. The summed E-state index contributed by atoms with van der Waals surface area (Å²) < 4.78 is 5.37. The predicted molar refractivity (Wildman–Crippen MR) is 81.5 cm³/mol. The summed E-state index contributed by atoms with van der Waals surface area (Å²) in [5.74, 6) is -0.165. The summed E-state index contributed by atoms with van der Waals surface area (Å²) in [7, 11) is 3.37. The highest BCUT2D eigenvalue weighted by Gasteiger charge is 2.21. The zero-order chi connectivity index (χ0) is 14.5. The van der Waals surface area contributed by atoms with Gasteiger partial charge in [0.05, 0.1) is 16.7 Å². The van der Waals surface area contributed by atoms with Crippen molar-refractivity contribution in [2.24, 2.45) is 0 Å². The monoisotopic (exact) mass is 296 g/mol. The van der Waals surface area contributed by atoms with Gasteiger partial charge < -0.3 is 15.4 Å². The standard InChI is InChI=1S/C15H21ClN2O2/c1-17-15(19)13-9-11(5-8-14(13)16)18-10-3-6-12(20-2)7-4-10/h5,8-10,12,18H,3-4,6-7H2,1-2H3,(H,17,19). The van der Waals surface area contributed by atoms with Crippen LogP contribution in [-0.4, -0.2) is 32.2 Å². The lowest BCUT2D eigenvalue weighted by Gasteiger charge is -2.29. The maximum atomic E-state index is 11.7. The quantitative estimate of drug-likeness (QED) is 0.898. The number of rotatable bonds is 4. The minimum absolute atomic E-state index is 0.165. The number of hydrogen-bond donors (Lipinski definition) is 2. The lowest BCUT2D eigenvalue weighted by Crippen LogP contribution is -2.29. The molecule has 0 aliphatic heterocycles. The number of benzene rings is 1. The second kappa shape index (κ2) is 6.95. The average Bonchev–Trinajstić information content (AvgIpc) is 2.49. The van der Waals surface area contributed by atoms with Crippen LogP contribution in [0.4, 0.5) is 5.69 Å². The Morgan fingerprint density at radius 2 is 2.00 bits per heavy atom. The first-order valence-corrected chi connectivity index (χ1v) is 7.32. The minimum Gasteiger partial charge on any atom is -0.382 e. The van der Waals surface area contributed by atoms with Gasteiger partial charge in [0.25, 0.3) is 5.91 Å². The molecule has 1 amide bonds. The van der Waals surface area contributed by atoms with Crippen molar-refractivity contribution in [1.29, 1.82) is 0 Å². The van der Waals surface area contributed by atoms with Crippen molar-refractivity contribution in [2.75, 3.05) is 19.5 Å². The summed E-state index contributed by atoms with van der Waals surface area (Å²) in [4.78, 5) is 11.7. The Labute approximate surface area is 124 Å². The Morgan fingerprint density at radius 1 is 1.30 bits per heavy atom. The summed E-state index contributed by atoms with van der Waals surface area (Å²) >= 11 is 6.05. The predicted octanol–water partition coefficient (Wildman–Crippen LogP) is 3.07. The molecule has 20 heavy (non-hydrogen) atoms. The number of carbonyl (C=O) groups excluding carboxylic acids is 1. The number of ether oxygens (including phenoxy) is 1.